The first-order valence-electron chi connectivity index (χ1n) is 6.84. The van der Waals surface area contributed by atoms with Gasteiger partial charge in [-0.3, -0.25) is 11.3 Å². The van der Waals surface area contributed by atoms with Gasteiger partial charge >= 0.3 is 0 Å². The number of hydrazine groups is 1. The van der Waals surface area contributed by atoms with Gasteiger partial charge in [-0.2, -0.15) is 0 Å². The summed E-state index contributed by atoms with van der Waals surface area (Å²) in [6, 6.07) is 0.237. The van der Waals surface area contributed by atoms with Gasteiger partial charge in [-0.25, -0.2) is 0 Å². The molecule has 0 amide bonds. The Morgan fingerprint density at radius 2 is 2.12 bits per heavy atom. The standard InChI is InChI=1S/C13H26N2O2/c1-10(16-2)12(15-14)11-5-8-17-13(9-11)6-3-4-7-13/h10-12,15H,3-9,14H2,1-2H3. The Kier molecular flexibility index (Phi) is 4.42. The van der Waals surface area contributed by atoms with E-state index in [2.05, 4.69) is 12.3 Å². The van der Waals surface area contributed by atoms with Crippen LogP contribution in [0.25, 0.3) is 0 Å². The number of rotatable bonds is 4. The predicted molar refractivity (Wildman–Crippen MR) is 67.5 cm³/mol. The highest BCUT2D eigenvalue weighted by Gasteiger charge is 2.42. The fourth-order valence-electron chi connectivity index (χ4n) is 3.54. The van der Waals surface area contributed by atoms with Crippen molar-refractivity contribution in [1.82, 2.24) is 5.43 Å². The third-order valence-corrected chi connectivity index (χ3v) is 4.62. The minimum absolute atomic E-state index is 0.154. The van der Waals surface area contributed by atoms with Gasteiger partial charge in [0.1, 0.15) is 0 Å². The van der Waals surface area contributed by atoms with E-state index in [9.17, 15) is 0 Å². The minimum atomic E-state index is 0.154. The average molecular weight is 242 g/mol. The largest absolute Gasteiger partial charge is 0.380 e. The fourth-order valence-corrected chi connectivity index (χ4v) is 3.54. The summed E-state index contributed by atoms with van der Waals surface area (Å²) >= 11 is 0. The molecule has 0 aromatic carbocycles. The highest BCUT2D eigenvalue weighted by atomic mass is 16.5. The Balaban J connectivity index is 2.00. The van der Waals surface area contributed by atoms with E-state index < -0.39 is 0 Å². The molecule has 2 aliphatic rings. The van der Waals surface area contributed by atoms with Crippen molar-refractivity contribution < 1.29 is 9.47 Å². The summed E-state index contributed by atoms with van der Waals surface area (Å²) in [6.45, 7) is 2.96. The molecule has 3 unspecified atom stereocenters. The van der Waals surface area contributed by atoms with Gasteiger partial charge in [0.05, 0.1) is 11.7 Å². The van der Waals surface area contributed by atoms with Crippen LogP contribution in [0.5, 0.6) is 0 Å². The highest BCUT2D eigenvalue weighted by molar-refractivity contribution is 4.95. The van der Waals surface area contributed by atoms with Gasteiger partial charge in [0, 0.05) is 19.8 Å². The highest BCUT2D eigenvalue weighted by Crippen LogP contribution is 2.43. The van der Waals surface area contributed by atoms with Gasteiger partial charge in [-0.1, -0.05) is 12.8 Å². The molecular formula is C13H26N2O2. The zero-order chi connectivity index (χ0) is 12.3. The maximum absolute atomic E-state index is 6.06. The molecule has 100 valence electrons. The molecule has 4 nitrogen and oxygen atoms in total. The van der Waals surface area contributed by atoms with Crippen LogP contribution in [0.2, 0.25) is 0 Å². The smallest absolute Gasteiger partial charge is 0.0712 e. The van der Waals surface area contributed by atoms with Gasteiger partial charge in [0.15, 0.2) is 0 Å². The number of nitrogens with two attached hydrogens (primary N) is 1. The fraction of sp³-hybridized carbons (Fsp3) is 1.00. The van der Waals surface area contributed by atoms with E-state index in [4.69, 9.17) is 15.3 Å². The van der Waals surface area contributed by atoms with Gasteiger partial charge in [-0.05, 0) is 38.5 Å². The number of ether oxygens (including phenoxy) is 2. The quantitative estimate of drug-likeness (QED) is 0.580. The average Bonchev–Trinajstić information content (AvgIpc) is 2.78. The lowest BCUT2D eigenvalue weighted by Crippen LogP contribution is -2.52. The molecule has 0 radical (unpaired) electrons. The zero-order valence-electron chi connectivity index (χ0n) is 11.1. The number of nitrogens with one attached hydrogen (secondary N) is 1. The van der Waals surface area contributed by atoms with Crippen molar-refractivity contribution in [3.05, 3.63) is 0 Å². The van der Waals surface area contributed by atoms with E-state index >= 15 is 0 Å². The molecule has 1 saturated heterocycles. The van der Waals surface area contributed by atoms with Crippen LogP contribution in [-0.2, 0) is 9.47 Å². The van der Waals surface area contributed by atoms with Crippen molar-refractivity contribution in [2.75, 3.05) is 13.7 Å². The molecule has 17 heavy (non-hydrogen) atoms. The minimum Gasteiger partial charge on any atom is -0.380 e. The molecule has 2 rings (SSSR count). The van der Waals surface area contributed by atoms with E-state index in [-0.39, 0.29) is 17.7 Å². The summed E-state index contributed by atoms with van der Waals surface area (Å²) < 4.78 is 11.5. The molecule has 4 heteroatoms. The van der Waals surface area contributed by atoms with Gasteiger partial charge in [-0.15, -0.1) is 0 Å². The molecular weight excluding hydrogens is 216 g/mol. The predicted octanol–water partition coefficient (Wildman–Crippen LogP) is 1.59. The topological polar surface area (TPSA) is 56.5 Å². The summed E-state index contributed by atoms with van der Waals surface area (Å²) in [6.07, 6.45) is 7.45. The third kappa shape index (κ3) is 2.81. The third-order valence-electron chi connectivity index (χ3n) is 4.62. The monoisotopic (exact) mass is 242 g/mol. The van der Waals surface area contributed by atoms with Crippen molar-refractivity contribution >= 4 is 0 Å². The maximum Gasteiger partial charge on any atom is 0.0712 e. The van der Waals surface area contributed by atoms with Crippen LogP contribution >= 0.6 is 0 Å². The van der Waals surface area contributed by atoms with Crippen molar-refractivity contribution in [3.8, 4) is 0 Å². The van der Waals surface area contributed by atoms with Crippen LogP contribution in [-0.4, -0.2) is 31.5 Å². The van der Waals surface area contributed by atoms with Crippen LogP contribution in [0.15, 0.2) is 0 Å². The molecule has 0 aromatic heterocycles. The van der Waals surface area contributed by atoms with Crippen LogP contribution in [0.4, 0.5) is 0 Å². The molecule has 3 atom stereocenters. The molecule has 1 saturated carbocycles. The van der Waals surface area contributed by atoms with E-state index in [1.54, 1.807) is 7.11 Å². The van der Waals surface area contributed by atoms with Crippen molar-refractivity contribution in [3.63, 3.8) is 0 Å². The second-order valence-corrected chi connectivity index (χ2v) is 5.62. The molecule has 0 bridgehead atoms. The second kappa shape index (κ2) is 5.65. The van der Waals surface area contributed by atoms with E-state index in [1.807, 2.05) is 0 Å². The lowest BCUT2D eigenvalue weighted by Gasteiger charge is -2.42. The summed E-state index contributed by atoms with van der Waals surface area (Å²) in [4.78, 5) is 0. The van der Waals surface area contributed by atoms with Gasteiger partial charge in [0.2, 0.25) is 0 Å². The van der Waals surface area contributed by atoms with E-state index in [0.717, 1.165) is 19.4 Å². The molecule has 0 aromatic rings. The van der Waals surface area contributed by atoms with Gasteiger partial charge in [0.25, 0.3) is 0 Å². The SMILES string of the molecule is COC(C)C(NN)C1CCOC2(CCCC2)C1. The molecule has 3 N–H and O–H groups in total. The molecule has 1 heterocycles. The second-order valence-electron chi connectivity index (χ2n) is 5.62. The zero-order valence-corrected chi connectivity index (χ0v) is 11.1. The molecule has 2 fully saturated rings. The lowest BCUT2D eigenvalue weighted by atomic mass is 9.79. The number of hydrogen-bond acceptors (Lipinski definition) is 4. The van der Waals surface area contributed by atoms with Gasteiger partial charge < -0.3 is 9.47 Å². The Bertz CT molecular complexity index is 242. The Morgan fingerprint density at radius 3 is 2.71 bits per heavy atom. The lowest BCUT2D eigenvalue weighted by molar-refractivity contribution is -0.106. The van der Waals surface area contributed by atoms with E-state index in [0.29, 0.717) is 5.92 Å². The number of hydrogen-bond donors (Lipinski definition) is 2. The Hall–Kier alpha value is -0.160. The van der Waals surface area contributed by atoms with Crippen molar-refractivity contribution in [2.45, 2.75) is 63.2 Å². The first-order valence-corrected chi connectivity index (χ1v) is 6.84. The number of methoxy groups -OCH3 is 1. The normalized spacial score (nSPS) is 31.6. The Labute approximate surface area is 104 Å². The van der Waals surface area contributed by atoms with Crippen molar-refractivity contribution in [1.29, 1.82) is 0 Å². The van der Waals surface area contributed by atoms with Crippen LogP contribution < -0.4 is 11.3 Å². The summed E-state index contributed by atoms with van der Waals surface area (Å²) in [5.74, 6) is 6.27. The maximum atomic E-state index is 6.06. The van der Waals surface area contributed by atoms with Crippen LogP contribution in [0.3, 0.4) is 0 Å². The van der Waals surface area contributed by atoms with Crippen LogP contribution in [0.1, 0.15) is 45.4 Å². The Morgan fingerprint density at radius 1 is 1.41 bits per heavy atom. The summed E-state index contributed by atoms with van der Waals surface area (Å²) in [5, 5.41) is 0. The van der Waals surface area contributed by atoms with Crippen LogP contribution in [0, 0.1) is 5.92 Å². The molecule has 1 aliphatic carbocycles. The summed E-state index contributed by atoms with van der Waals surface area (Å²) in [5.41, 5.74) is 3.11. The first kappa shape index (κ1) is 13.3. The molecule has 1 aliphatic heterocycles. The molecule has 1 spiro atoms. The van der Waals surface area contributed by atoms with Crippen molar-refractivity contribution in [2.24, 2.45) is 11.8 Å². The van der Waals surface area contributed by atoms with E-state index in [1.165, 1.54) is 25.7 Å². The summed E-state index contributed by atoms with van der Waals surface area (Å²) in [7, 11) is 1.75. The first-order chi connectivity index (χ1) is 8.21.